The molecule has 2 rings (SSSR count). The average Bonchev–Trinajstić information content (AvgIpc) is 2.72. The number of nitrogens with zero attached hydrogens (tertiary/aromatic N) is 2. The lowest BCUT2D eigenvalue weighted by atomic mass is 9.93. The number of halogens is 1. The quantitative estimate of drug-likeness (QED) is 0.855. The fraction of sp³-hybridized carbons (Fsp3) is 0.692. The molecule has 1 atom stereocenters. The smallest absolute Gasteiger partial charge is 0.182 e. The number of nitrogens with one attached hydrogen (secondary N) is 1. The zero-order valence-corrected chi connectivity index (χ0v) is 11.7. The Bertz CT molecular complexity index is 422. The second-order valence-electron chi connectivity index (χ2n) is 5.22. The van der Waals surface area contributed by atoms with Gasteiger partial charge in [-0.05, 0) is 45.7 Å². The summed E-state index contributed by atoms with van der Waals surface area (Å²) in [4.78, 5) is 12.3. The van der Waals surface area contributed by atoms with E-state index in [2.05, 4.69) is 10.4 Å². The van der Waals surface area contributed by atoms with Crippen molar-refractivity contribution in [3.8, 4) is 0 Å². The monoisotopic (exact) mass is 269 g/mol. The van der Waals surface area contributed by atoms with Gasteiger partial charge < -0.3 is 5.32 Å². The molecule has 0 radical (unpaired) electrons. The molecule has 18 heavy (non-hydrogen) atoms. The molecule has 0 aromatic carbocycles. The Balaban J connectivity index is 2.10. The molecule has 1 aliphatic rings. The lowest BCUT2D eigenvalue weighted by molar-refractivity contribution is 0.0941. The minimum atomic E-state index is 0.111. The summed E-state index contributed by atoms with van der Waals surface area (Å²) in [6.07, 6.45) is 4.39. The molecule has 1 unspecified atom stereocenters. The van der Waals surface area contributed by atoms with Crippen molar-refractivity contribution in [3.63, 3.8) is 0 Å². The highest BCUT2D eigenvalue weighted by molar-refractivity contribution is 6.33. The number of ketones is 1. The molecule has 1 aromatic rings. The van der Waals surface area contributed by atoms with E-state index in [0.29, 0.717) is 23.1 Å². The third kappa shape index (κ3) is 2.93. The van der Waals surface area contributed by atoms with Gasteiger partial charge in [-0.2, -0.15) is 5.10 Å². The van der Waals surface area contributed by atoms with E-state index in [-0.39, 0.29) is 11.8 Å². The summed E-state index contributed by atoms with van der Waals surface area (Å²) in [5.74, 6) is 0.540. The van der Waals surface area contributed by atoms with Gasteiger partial charge in [-0.3, -0.25) is 9.48 Å². The number of carbonyl (C=O) groups is 1. The number of rotatable bonds is 4. The number of aromatic nitrogens is 2. The SMILES string of the molecule is CC(C)n1ncc(Cl)c1C(=O)CC1CCCNC1. The van der Waals surface area contributed by atoms with Crippen LogP contribution >= 0.6 is 11.6 Å². The van der Waals surface area contributed by atoms with Crippen LogP contribution in [0.3, 0.4) is 0 Å². The van der Waals surface area contributed by atoms with Crippen molar-refractivity contribution < 1.29 is 4.79 Å². The lowest BCUT2D eigenvalue weighted by Crippen LogP contribution is -2.31. The zero-order chi connectivity index (χ0) is 13.1. The van der Waals surface area contributed by atoms with Crippen LogP contribution in [-0.4, -0.2) is 28.7 Å². The average molecular weight is 270 g/mol. The van der Waals surface area contributed by atoms with Crippen LogP contribution in [0.15, 0.2) is 6.20 Å². The van der Waals surface area contributed by atoms with Crippen LogP contribution in [0, 0.1) is 5.92 Å². The minimum Gasteiger partial charge on any atom is -0.316 e. The van der Waals surface area contributed by atoms with Crippen LogP contribution in [0.1, 0.15) is 49.6 Å². The van der Waals surface area contributed by atoms with E-state index >= 15 is 0 Å². The molecule has 4 nitrogen and oxygen atoms in total. The molecule has 1 N–H and O–H groups in total. The fourth-order valence-corrected chi connectivity index (χ4v) is 2.69. The van der Waals surface area contributed by atoms with Gasteiger partial charge in [-0.1, -0.05) is 11.6 Å². The molecule has 100 valence electrons. The summed E-state index contributed by atoms with van der Waals surface area (Å²) in [7, 11) is 0. The van der Waals surface area contributed by atoms with Crippen LogP contribution < -0.4 is 5.32 Å². The van der Waals surface area contributed by atoms with E-state index < -0.39 is 0 Å². The number of hydrogen-bond donors (Lipinski definition) is 1. The first-order valence-corrected chi connectivity index (χ1v) is 6.94. The summed E-state index contributed by atoms with van der Waals surface area (Å²) >= 11 is 6.08. The standard InChI is InChI=1S/C13H20ClN3O/c1-9(2)17-13(11(14)8-16-17)12(18)6-10-4-3-5-15-7-10/h8-10,15H,3-7H2,1-2H3. The van der Waals surface area contributed by atoms with Crippen molar-refractivity contribution in [2.24, 2.45) is 5.92 Å². The van der Waals surface area contributed by atoms with Gasteiger partial charge in [-0.15, -0.1) is 0 Å². The van der Waals surface area contributed by atoms with Crippen LogP contribution in [0.2, 0.25) is 5.02 Å². The molecular formula is C13H20ClN3O. The molecule has 0 spiro atoms. The minimum absolute atomic E-state index is 0.111. The fourth-order valence-electron chi connectivity index (χ4n) is 2.45. The summed E-state index contributed by atoms with van der Waals surface area (Å²) in [6.45, 7) is 6.00. The van der Waals surface area contributed by atoms with Gasteiger partial charge in [0, 0.05) is 12.5 Å². The Morgan fingerprint density at radius 2 is 2.44 bits per heavy atom. The van der Waals surface area contributed by atoms with Gasteiger partial charge >= 0.3 is 0 Å². The van der Waals surface area contributed by atoms with Crippen molar-refractivity contribution >= 4 is 17.4 Å². The Morgan fingerprint density at radius 3 is 3.06 bits per heavy atom. The topological polar surface area (TPSA) is 46.9 Å². The van der Waals surface area contributed by atoms with E-state index in [4.69, 9.17) is 11.6 Å². The Labute approximate surface area is 113 Å². The number of carbonyl (C=O) groups excluding carboxylic acids is 1. The molecule has 1 saturated heterocycles. The molecule has 0 saturated carbocycles. The maximum absolute atomic E-state index is 12.3. The first-order valence-electron chi connectivity index (χ1n) is 6.56. The highest BCUT2D eigenvalue weighted by atomic mass is 35.5. The highest BCUT2D eigenvalue weighted by Crippen LogP contribution is 2.23. The lowest BCUT2D eigenvalue weighted by Gasteiger charge is -2.22. The van der Waals surface area contributed by atoms with Crippen LogP contribution in [-0.2, 0) is 0 Å². The van der Waals surface area contributed by atoms with E-state index in [1.165, 1.54) is 0 Å². The maximum Gasteiger partial charge on any atom is 0.182 e. The van der Waals surface area contributed by atoms with Crippen LogP contribution in [0.5, 0.6) is 0 Å². The third-order valence-electron chi connectivity index (χ3n) is 3.38. The molecule has 0 aliphatic carbocycles. The second-order valence-corrected chi connectivity index (χ2v) is 5.63. The number of hydrogen-bond acceptors (Lipinski definition) is 3. The Morgan fingerprint density at radius 1 is 1.67 bits per heavy atom. The summed E-state index contributed by atoms with van der Waals surface area (Å²) in [5.41, 5.74) is 0.567. The van der Waals surface area contributed by atoms with E-state index in [0.717, 1.165) is 25.9 Å². The summed E-state index contributed by atoms with van der Waals surface area (Å²) in [6, 6.07) is 0.154. The normalized spacial score (nSPS) is 20.3. The Hall–Kier alpha value is -0.870. The summed E-state index contributed by atoms with van der Waals surface area (Å²) < 4.78 is 1.72. The third-order valence-corrected chi connectivity index (χ3v) is 3.65. The van der Waals surface area contributed by atoms with Crippen molar-refractivity contribution in [1.29, 1.82) is 0 Å². The van der Waals surface area contributed by atoms with Crippen LogP contribution in [0.4, 0.5) is 0 Å². The van der Waals surface area contributed by atoms with Gasteiger partial charge in [-0.25, -0.2) is 0 Å². The molecule has 5 heteroatoms. The summed E-state index contributed by atoms with van der Waals surface area (Å²) in [5, 5.41) is 7.98. The van der Waals surface area contributed by atoms with Gasteiger partial charge in [0.1, 0.15) is 5.69 Å². The largest absolute Gasteiger partial charge is 0.316 e. The van der Waals surface area contributed by atoms with E-state index in [1.54, 1.807) is 10.9 Å². The predicted molar refractivity (Wildman–Crippen MR) is 72.2 cm³/mol. The van der Waals surface area contributed by atoms with Crippen molar-refractivity contribution in [2.75, 3.05) is 13.1 Å². The van der Waals surface area contributed by atoms with E-state index in [9.17, 15) is 4.79 Å². The first kappa shape index (κ1) is 13.6. The number of Topliss-reactive ketones (excluding diaryl/α,β-unsaturated/α-hetero) is 1. The molecule has 1 aromatic heterocycles. The molecule has 1 fully saturated rings. The molecule has 2 heterocycles. The van der Waals surface area contributed by atoms with Crippen LogP contribution in [0.25, 0.3) is 0 Å². The van der Waals surface area contributed by atoms with Gasteiger partial charge in [0.25, 0.3) is 0 Å². The zero-order valence-electron chi connectivity index (χ0n) is 10.9. The molecule has 0 bridgehead atoms. The molecule has 0 amide bonds. The van der Waals surface area contributed by atoms with Gasteiger partial charge in [0.2, 0.25) is 0 Å². The predicted octanol–water partition coefficient (Wildman–Crippen LogP) is 2.69. The van der Waals surface area contributed by atoms with Gasteiger partial charge in [0.05, 0.1) is 11.2 Å². The van der Waals surface area contributed by atoms with E-state index in [1.807, 2.05) is 13.8 Å². The van der Waals surface area contributed by atoms with Crippen molar-refractivity contribution in [1.82, 2.24) is 15.1 Å². The van der Waals surface area contributed by atoms with Gasteiger partial charge in [0.15, 0.2) is 5.78 Å². The molecule has 1 aliphatic heterocycles. The first-order chi connectivity index (χ1) is 8.59. The number of piperidine rings is 1. The highest BCUT2D eigenvalue weighted by Gasteiger charge is 2.23. The maximum atomic E-state index is 12.3. The van der Waals surface area contributed by atoms with Crippen molar-refractivity contribution in [2.45, 2.75) is 39.2 Å². The molecular weight excluding hydrogens is 250 g/mol. The second kappa shape index (κ2) is 5.85. The Kier molecular flexibility index (Phi) is 4.40. The van der Waals surface area contributed by atoms with Crippen molar-refractivity contribution in [3.05, 3.63) is 16.9 Å².